The van der Waals surface area contributed by atoms with E-state index < -0.39 is 0 Å². The van der Waals surface area contributed by atoms with E-state index in [4.69, 9.17) is 9.26 Å². The molecule has 5 heteroatoms. The zero-order valence-corrected chi connectivity index (χ0v) is 12.2. The maximum absolute atomic E-state index is 5.77. The summed E-state index contributed by atoms with van der Waals surface area (Å²) < 4.78 is 11.0. The number of ether oxygens (including phenoxy) is 1. The van der Waals surface area contributed by atoms with E-state index >= 15 is 0 Å². The first-order valence-electron chi connectivity index (χ1n) is 6.85. The number of benzene rings is 1. The third kappa shape index (κ3) is 4.06. The van der Waals surface area contributed by atoms with Crippen LogP contribution in [0.1, 0.15) is 31.1 Å². The van der Waals surface area contributed by atoms with Crippen LogP contribution in [0.15, 0.2) is 28.8 Å². The van der Waals surface area contributed by atoms with Crippen LogP contribution in [0, 0.1) is 5.92 Å². The molecule has 0 bridgehead atoms. The minimum absolute atomic E-state index is 0.322. The lowest BCUT2D eigenvalue weighted by Crippen LogP contribution is -2.07. The number of nitrogens with one attached hydrogen (secondary N) is 1. The molecule has 0 radical (unpaired) electrons. The van der Waals surface area contributed by atoms with Gasteiger partial charge in [0.05, 0.1) is 0 Å². The SMILES string of the molecule is CNCc1ccccc1OCc1noc(CC(C)C)n1. The monoisotopic (exact) mass is 275 g/mol. The van der Waals surface area contributed by atoms with E-state index in [2.05, 4.69) is 29.3 Å². The average molecular weight is 275 g/mol. The highest BCUT2D eigenvalue weighted by molar-refractivity contribution is 5.33. The van der Waals surface area contributed by atoms with Gasteiger partial charge in [-0.2, -0.15) is 4.98 Å². The van der Waals surface area contributed by atoms with Crippen LogP contribution in [0.3, 0.4) is 0 Å². The molecule has 0 unspecified atom stereocenters. The molecule has 2 rings (SSSR count). The summed E-state index contributed by atoms with van der Waals surface area (Å²) in [7, 11) is 1.91. The van der Waals surface area contributed by atoms with E-state index in [1.807, 2.05) is 31.3 Å². The molecule has 0 aliphatic rings. The normalized spacial score (nSPS) is 11.0. The molecule has 1 aromatic carbocycles. The largest absolute Gasteiger partial charge is 0.485 e. The zero-order valence-electron chi connectivity index (χ0n) is 12.2. The van der Waals surface area contributed by atoms with E-state index in [1.54, 1.807) is 0 Å². The lowest BCUT2D eigenvalue weighted by Gasteiger charge is -2.09. The summed E-state index contributed by atoms with van der Waals surface area (Å²) in [6, 6.07) is 7.93. The lowest BCUT2D eigenvalue weighted by atomic mass is 10.1. The third-order valence-electron chi connectivity index (χ3n) is 2.79. The first kappa shape index (κ1) is 14.5. The van der Waals surface area contributed by atoms with Crippen LogP contribution in [0.25, 0.3) is 0 Å². The van der Waals surface area contributed by atoms with Gasteiger partial charge in [-0.05, 0) is 19.0 Å². The van der Waals surface area contributed by atoms with Crippen molar-refractivity contribution in [2.75, 3.05) is 7.05 Å². The van der Waals surface area contributed by atoms with Gasteiger partial charge in [0.1, 0.15) is 5.75 Å². The number of para-hydroxylation sites is 1. The van der Waals surface area contributed by atoms with Crippen LogP contribution in [-0.4, -0.2) is 17.2 Å². The van der Waals surface area contributed by atoms with Crippen molar-refractivity contribution in [1.29, 1.82) is 0 Å². The first-order chi connectivity index (χ1) is 9.69. The molecule has 108 valence electrons. The molecule has 2 aromatic rings. The van der Waals surface area contributed by atoms with Crippen LogP contribution in [-0.2, 0) is 19.6 Å². The van der Waals surface area contributed by atoms with Crippen LogP contribution in [0.2, 0.25) is 0 Å². The quantitative estimate of drug-likeness (QED) is 0.841. The van der Waals surface area contributed by atoms with Gasteiger partial charge >= 0.3 is 0 Å². The predicted molar refractivity (Wildman–Crippen MR) is 76.4 cm³/mol. The number of hydrogen-bond acceptors (Lipinski definition) is 5. The van der Waals surface area contributed by atoms with Gasteiger partial charge in [0, 0.05) is 18.5 Å². The van der Waals surface area contributed by atoms with Crippen molar-refractivity contribution in [2.45, 2.75) is 33.4 Å². The molecule has 0 fully saturated rings. The Morgan fingerprint density at radius 2 is 2.10 bits per heavy atom. The van der Waals surface area contributed by atoms with Gasteiger partial charge in [-0.3, -0.25) is 0 Å². The summed E-state index contributed by atoms with van der Waals surface area (Å²) >= 11 is 0. The number of hydrogen-bond donors (Lipinski definition) is 1. The molecule has 1 aromatic heterocycles. The molecule has 1 heterocycles. The van der Waals surface area contributed by atoms with Gasteiger partial charge in [-0.1, -0.05) is 37.2 Å². The second-order valence-electron chi connectivity index (χ2n) is 5.13. The number of aromatic nitrogens is 2. The van der Waals surface area contributed by atoms with Crippen molar-refractivity contribution < 1.29 is 9.26 Å². The maximum atomic E-state index is 5.77. The summed E-state index contributed by atoms with van der Waals surface area (Å²) in [5.74, 6) is 2.60. The molecule has 0 spiro atoms. The van der Waals surface area contributed by atoms with E-state index in [1.165, 1.54) is 0 Å². The van der Waals surface area contributed by atoms with Gasteiger partial charge in [0.15, 0.2) is 6.61 Å². The molecule has 0 amide bonds. The molecular formula is C15H21N3O2. The minimum Gasteiger partial charge on any atom is -0.485 e. The van der Waals surface area contributed by atoms with Gasteiger partial charge in [0.25, 0.3) is 0 Å². The van der Waals surface area contributed by atoms with Crippen LogP contribution < -0.4 is 10.1 Å². The minimum atomic E-state index is 0.322. The Balaban J connectivity index is 1.96. The smallest absolute Gasteiger partial charge is 0.227 e. The summed E-state index contributed by atoms with van der Waals surface area (Å²) in [6.07, 6.45) is 0.795. The molecule has 0 saturated heterocycles. The zero-order chi connectivity index (χ0) is 14.4. The standard InChI is InChI=1S/C15H21N3O2/c1-11(2)8-15-17-14(18-20-15)10-19-13-7-5-4-6-12(13)9-16-3/h4-7,11,16H,8-10H2,1-3H3. The fraction of sp³-hybridized carbons (Fsp3) is 0.467. The highest BCUT2D eigenvalue weighted by Crippen LogP contribution is 2.18. The average Bonchev–Trinajstić information content (AvgIpc) is 2.85. The van der Waals surface area contributed by atoms with Crippen LogP contribution >= 0.6 is 0 Å². The van der Waals surface area contributed by atoms with Crippen molar-refractivity contribution in [1.82, 2.24) is 15.5 Å². The van der Waals surface area contributed by atoms with E-state index in [0.29, 0.717) is 24.2 Å². The van der Waals surface area contributed by atoms with Crippen LogP contribution in [0.5, 0.6) is 5.75 Å². The van der Waals surface area contributed by atoms with Crippen molar-refractivity contribution in [3.05, 3.63) is 41.5 Å². The molecule has 0 aliphatic carbocycles. The Hall–Kier alpha value is -1.88. The van der Waals surface area contributed by atoms with Crippen molar-refractivity contribution in [3.8, 4) is 5.75 Å². The van der Waals surface area contributed by atoms with E-state index in [0.717, 1.165) is 24.3 Å². The Morgan fingerprint density at radius 1 is 1.30 bits per heavy atom. The highest BCUT2D eigenvalue weighted by atomic mass is 16.5. The summed E-state index contributed by atoms with van der Waals surface area (Å²) in [4.78, 5) is 4.32. The Kier molecular flexibility index (Phi) is 5.12. The van der Waals surface area contributed by atoms with Gasteiger partial charge in [-0.25, -0.2) is 0 Å². The van der Waals surface area contributed by atoms with Gasteiger partial charge in [-0.15, -0.1) is 0 Å². The van der Waals surface area contributed by atoms with E-state index in [-0.39, 0.29) is 0 Å². The Morgan fingerprint density at radius 3 is 2.85 bits per heavy atom. The Labute approximate surface area is 119 Å². The Bertz CT molecular complexity index is 537. The summed E-state index contributed by atoms with van der Waals surface area (Å²) in [5, 5.41) is 7.05. The van der Waals surface area contributed by atoms with Gasteiger partial charge in [0.2, 0.25) is 11.7 Å². The van der Waals surface area contributed by atoms with Gasteiger partial charge < -0.3 is 14.6 Å². The van der Waals surface area contributed by atoms with Crippen molar-refractivity contribution in [3.63, 3.8) is 0 Å². The van der Waals surface area contributed by atoms with Crippen molar-refractivity contribution in [2.24, 2.45) is 5.92 Å². The third-order valence-corrected chi connectivity index (χ3v) is 2.79. The lowest BCUT2D eigenvalue weighted by molar-refractivity contribution is 0.281. The van der Waals surface area contributed by atoms with Crippen molar-refractivity contribution >= 4 is 0 Å². The predicted octanol–water partition coefficient (Wildman–Crippen LogP) is 2.57. The summed E-state index contributed by atoms with van der Waals surface area (Å²) in [5.41, 5.74) is 1.11. The molecule has 0 atom stereocenters. The summed E-state index contributed by atoms with van der Waals surface area (Å²) in [6.45, 7) is 5.33. The van der Waals surface area contributed by atoms with Crippen LogP contribution in [0.4, 0.5) is 0 Å². The topological polar surface area (TPSA) is 60.2 Å². The molecule has 0 saturated carbocycles. The number of rotatable bonds is 7. The van der Waals surface area contributed by atoms with E-state index in [9.17, 15) is 0 Å². The second-order valence-corrected chi connectivity index (χ2v) is 5.13. The molecule has 20 heavy (non-hydrogen) atoms. The fourth-order valence-corrected chi connectivity index (χ4v) is 1.90. The highest BCUT2D eigenvalue weighted by Gasteiger charge is 2.09. The fourth-order valence-electron chi connectivity index (χ4n) is 1.90. The second kappa shape index (κ2) is 7.05. The molecule has 5 nitrogen and oxygen atoms in total. The number of nitrogens with zero attached hydrogens (tertiary/aromatic N) is 2. The molecule has 1 N–H and O–H groups in total. The molecule has 0 aliphatic heterocycles. The first-order valence-corrected chi connectivity index (χ1v) is 6.85. The molecular weight excluding hydrogens is 254 g/mol. The maximum Gasteiger partial charge on any atom is 0.227 e.